The van der Waals surface area contributed by atoms with Crippen molar-refractivity contribution in [1.29, 1.82) is 0 Å². The molecule has 1 aliphatic heterocycles. The van der Waals surface area contributed by atoms with Gasteiger partial charge in [-0.2, -0.15) is 0 Å². The highest BCUT2D eigenvalue weighted by Crippen LogP contribution is 2.11. The predicted molar refractivity (Wildman–Crippen MR) is 48.6 cm³/mol. The molecule has 13 heavy (non-hydrogen) atoms. The number of nitrogens with zero attached hydrogens (tertiary/aromatic N) is 2. The van der Waals surface area contributed by atoms with Crippen LogP contribution >= 0.6 is 0 Å². The quantitative estimate of drug-likeness (QED) is 0.558. The van der Waals surface area contributed by atoms with Crippen molar-refractivity contribution in [3.63, 3.8) is 0 Å². The first-order chi connectivity index (χ1) is 6.13. The smallest absolute Gasteiger partial charge is 0.238 e. The van der Waals surface area contributed by atoms with Crippen LogP contribution in [0.1, 0.15) is 33.1 Å². The summed E-state index contributed by atoms with van der Waals surface area (Å²) in [4.78, 5) is 22.4. The number of hydrazine groups is 1. The molecule has 1 aliphatic rings. The van der Waals surface area contributed by atoms with Gasteiger partial charge in [0.2, 0.25) is 11.8 Å². The van der Waals surface area contributed by atoms with Gasteiger partial charge < -0.3 is 0 Å². The summed E-state index contributed by atoms with van der Waals surface area (Å²) in [6, 6.07) is 0. The molecular weight excluding hydrogens is 168 g/mol. The van der Waals surface area contributed by atoms with Gasteiger partial charge >= 0.3 is 0 Å². The van der Waals surface area contributed by atoms with Crippen molar-refractivity contribution in [1.82, 2.24) is 10.0 Å². The van der Waals surface area contributed by atoms with Crippen molar-refractivity contribution in [2.75, 3.05) is 13.1 Å². The summed E-state index contributed by atoms with van der Waals surface area (Å²) in [5.74, 6) is -0.0887. The Morgan fingerprint density at radius 1 is 0.846 bits per heavy atom. The molecule has 0 N–H and O–H groups in total. The van der Waals surface area contributed by atoms with Crippen LogP contribution in [-0.2, 0) is 9.59 Å². The fraction of sp³-hybridized carbons (Fsp3) is 0.778. The van der Waals surface area contributed by atoms with Crippen molar-refractivity contribution in [2.24, 2.45) is 0 Å². The van der Waals surface area contributed by atoms with E-state index in [2.05, 4.69) is 0 Å². The lowest BCUT2D eigenvalue weighted by atomic mass is 10.2. The monoisotopic (exact) mass is 184 g/mol. The molecule has 4 heteroatoms. The first kappa shape index (κ1) is 10.0. The molecule has 0 saturated carbocycles. The molecule has 0 aromatic rings. The third-order valence-electron chi connectivity index (χ3n) is 2.26. The summed E-state index contributed by atoms with van der Waals surface area (Å²) in [5, 5.41) is 3.10. The first-order valence-electron chi connectivity index (χ1n) is 4.69. The van der Waals surface area contributed by atoms with Crippen molar-refractivity contribution in [2.45, 2.75) is 33.1 Å². The standard InChI is InChI=1S/C9H16N2O2/c1-8(12)10-6-4-3-5-7-11(10)9(2)13/h3-7H2,1-2H3. The molecule has 0 radical (unpaired) electrons. The van der Waals surface area contributed by atoms with Crippen molar-refractivity contribution >= 4 is 11.8 Å². The highest BCUT2D eigenvalue weighted by Gasteiger charge is 2.22. The topological polar surface area (TPSA) is 40.6 Å². The molecule has 2 amide bonds. The minimum Gasteiger partial charge on any atom is -0.273 e. The molecule has 1 heterocycles. The molecule has 0 atom stereocenters. The fourth-order valence-corrected chi connectivity index (χ4v) is 1.60. The SMILES string of the molecule is CC(=O)N1CCCCCN1C(C)=O. The molecule has 0 aromatic carbocycles. The highest BCUT2D eigenvalue weighted by molar-refractivity contribution is 5.79. The number of hydrogen-bond acceptors (Lipinski definition) is 2. The van der Waals surface area contributed by atoms with Crippen LogP contribution in [0.3, 0.4) is 0 Å². The molecule has 4 nitrogen and oxygen atoms in total. The van der Waals surface area contributed by atoms with E-state index >= 15 is 0 Å². The van der Waals surface area contributed by atoms with Crippen LogP contribution in [0.25, 0.3) is 0 Å². The Bertz CT molecular complexity index is 194. The van der Waals surface area contributed by atoms with Gasteiger partial charge in [0.25, 0.3) is 0 Å². The highest BCUT2D eigenvalue weighted by atomic mass is 16.2. The third kappa shape index (κ3) is 2.44. The lowest BCUT2D eigenvalue weighted by Crippen LogP contribution is -2.47. The van der Waals surface area contributed by atoms with Gasteiger partial charge in [0, 0.05) is 26.9 Å². The molecule has 0 aliphatic carbocycles. The minimum absolute atomic E-state index is 0.0444. The summed E-state index contributed by atoms with van der Waals surface area (Å²) < 4.78 is 0. The fourth-order valence-electron chi connectivity index (χ4n) is 1.60. The Labute approximate surface area is 78.5 Å². The van der Waals surface area contributed by atoms with Crippen LogP contribution in [0.4, 0.5) is 0 Å². The summed E-state index contributed by atoms with van der Waals surface area (Å²) >= 11 is 0. The average molecular weight is 184 g/mol. The van der Waals surface area contributed by atoms with E-state index in [1.165, 1.54) is 13.8 Å². The van der Waals surface area contributed by atoms with Crippen LogP contribution in [0.2, 0.25) is 0 Å². The number of amides is 2. The molecule has 1 fully saturated rings. The molecule has 0 aromatic heterocycles. The Morgan fingerprint density at radius 2 is 1.23 bits per heavy atom. The lowest BCUT2D eigenvalue weighted by Gasteiger charge is -2.31. The van der Waals surface area contributed by atoms with E-state index in [9.17, 15) is 9.59 Å². The molecular formula is C9H16N2O2. The minimum atomic E-state index is -0.0444. The zero-order chi connectivity index (χ0) is 9.84. The Kier molecular flexibility index (Phi) is 3.28. The van der Waals surface area contributed by atoms with Gasteiger partial charge in [0.1, 0.15) is 0 Å². The number of carbonyl (C=O) groups excluding carboxylic acids is 2. The molecule has 1 rings (SSSR count). The molecule has 0 bridgehead atoms. The maximum absolute atomic E-state index is 11.2. The van der Waals surface area contributed by atoms with Crippen LogP contribution in [-0.4, -0.2) is 34.9 Å². The zero-order valence-corrected chi connectivity index (χ0v) is 8.25. The van der Waals surface area contributed by atoms with E-state index in [-0.39, 0.29) is 11.8 Å². The molecule has 1 saturated heterocycles. The Hall–Kier alpha value is -1.06. The van der Waals surface area contributed by atoms with E-state index in [4.69, 9.17) is 0 Å². The van der Waals surface area contributed by atoms with Gasteiger partial charge in [-0.3, -0.25) is 19.6 Å². The van der Waals surface area contributed by atoms with E-state index in [1.807, 2.05) is 0 Å². The second-order valence-electron chi connectivity index (χ2n) is 3.34. The van der Waals surface area contributed by atoms with Crippen molar-refractivity contribution in [3.8, 4) is 0 Å². The number of hydrogen-bond donors (Lipinski definition) is 0. The third-order valence-corrected chi connectivity index (χ3v) is 2.26. The van der Waals surface area contributed by atoms with Crippen molar-refractivity contribution in [3.05, 3.63) is 0 Å². The maximum Gasteiger partial charge on any atom is 0.238 e. The van der Waals surface area contributed by atoms with Crippen LogP contribution in [0.5, 0.6) is 0 Å². The lowest BCUT2D eigenvalue weighted by molar-refractivity contribution is -0.160. The van der Waals surface area contributed by atoms with E-state index in [0.29, 0.717) is 13.1 Å². The molecule has 74 valence electrons. The van der Waals surface area contributed by atoms with Gasteiger partial charge in [0.15, 0.2) is 0 Å². The van der Waals surface area contributed by atoms with Gasteiger partial charge in [-0.15, -0.1) is 0 Å². The molecule has 0 unspecified atom stereocenters. The second kappa shape index (κ2) is 4.25. The predicted octanol–water partition coefficient (Wildman–Crippen LogP) is 0.782. The second-order valence-corrected chi connectivity index (χ2v) is 3.34. The number of carbonyl (C=O) groups is 2. The normalized spacial score (nSPS) is 18.3. The van der Waals surface area contributed by atoms with Crippen LogP contribution < -0.4 is 0 Å². The Morgan fingerprint density at radius 3 is 1.54 bits per heavy atom. The van der Waals surface area contributed by atoms with E-state index in [0.717, 1.165) is 19.3 Å². The maximum atomic E-state index is 11.2. The summed E-state index contributed by atoms with van der Waals surface area (Å²) in [6.07, 6.45) is 3.07. The first-order valence-corrected chi connectivity index (χ1v) is 4.69. The van der Waals surface area contributed by atoms with Gasteiger partial charge in [-0.1, -0.05) is 0 Å². The number of rotatable bonds is 0. The van der Waals surface area contributed by atoms with Crippen LogP contribution in [0.15, 0.2) is 0 Å². The van der Waals surface area contributed by atoms with Crippen LogP contribution in [0, 0.1) is 0 Å². The molecule has 0 spiro atoms. The van der Waals surface area contributed by atoms with E-state index < -0.39 is 0 Å². The summed E-state index contributed by atoms with van der Waals surface area (Å²) in [7, 11) is 0. The zero-order valence-electron chi connectivity index (χ0n) is 8.25. The van der Waals surface area contributed by atoms with E-state index in [1.54, 1.807) is 10.0 Å². The van der Waals surface area contributed by atoms with Crippen molar-refractivity contribution < 1.29 is 9.59 Å². The summed E-state index contributed by atoms with van der Waals surface area (Å²) in [5.41, 5.74) is 0. The van der Waals surface area contributed by atoms with Gasteiger partial charge in [-0.05, 0) is 19.3 Å². The van der Waals surface area contributed by atoms with Gasteiger partial charge in [0.05, 0.1) is 0 Å². The summed E-state index contributed by atoms with van der Waals surface area (Å²) in [6.45, 7) is 4.35. The Balaban J connectivity index is 2.72. The largest absolute Gasteiger partial charge is 0.273 e. The van der Waals surface area contributed by atoms with Gasteiger partial charge in [-0.25, -0.2) is 0 Å². The average Bonchev–Trinajstić information content (AvgIpc) is 2.27.